The number of amidine groups is 1. The minimum absolute atomic E-state index is 0.170. The molecule has 2 N–H and O–H groups in total. The number of aliphatic imine (C=N–C) groups is 1. The van der Waals surface area contributed by atoms with Crippen molar-refractivity contribution in [2.24, 2.45) is 4.99 Å². The Hall–Kier alpha value is -0.990. The zero-order valence-corrected chi connectivity index (χ0v) is 5.10. The van der Waals surface area contributed by atoms with Gasteiger partial charge in [-0.05, 0) is 13.5 Å². The van der Waals surface area contributed by atoms with E-state index in [0.29, 0.717) is 5.84 Å². The van der Waals surface area contributed by atoms with Crippen LogP contribution in [-0.2, 0) is 0 Å². The Bertz CT molecular complexity index is 118. The molecule has 0 atom stereocenters. The third-order valence-corrected chi connectivity index (χ3v) is 0.659. The predicted octanol–water partition coefficient (Wildman–Crippen LogP) is 0.653. The number of nitrogens with one attached hydrogen (secondary N) is 1. The van der Waals surface area contributed by atoms with E-state index in [9.17, 15) is 0 Å². The maximum absolute atomic E-state index is 8.43. The molecular formula is C5H10N2O. The molecule has 0 radical (unpaired) electrons. The van der Waals surface area contributed by atoms with Gasteiger partial charge in [-0.1, -0.05) is 0 Å². The summed E-state index contributed by atoms with van der Waals surface area (Å²) < 4.78 is 0. The number of hydrogen-bond acceptors (Lipinski definition) is 2. The molecule has 0 unspecified atom stereocenters. The molecule has 0 saturated heterocycles. The van der Waals surface area contributed by atoms with Crippen LogP contribution in [0.25, 0.3) is 0 Å². The van der Waals surface area contributed by atoms with Crippen LogP contribution in [0.2, 0.25) is 0 Å². The Balaban J connectivity index is 3.75. The number of aliphatic hydroxyl groups is 1. The standard InChI is InChI=1S/C5H10N2O/c1-4(6-3)7-5(2)8/h8H,2H2,1,3H3,(H,6,7). The molecule has 3 heteroatoms. The van der Waals surface area contributed by atoms with Gasteiger partial charge in [0, 0.05) is 7.05 Å². The van der Waals surface area contributed by atoms with Crippen molar-refractivity contribution in [3.05, 3.63) is 12.5 Å². The van der Waals surface area contributed by atoms with Crippen LogP contribution in [0.15, 0.2) is 17.5 Å². The lowest BCUT2D eigenvalue weighted by Gasteiger charge is -1.93. The van der Waals surface area contributed by atoms with E-state index in [0.717, 1.165) is 0 Å². The molecule has 0 amide bonds. The summed E-state index contributed by atoms with van der Waals surface area (Å²) in [6.07, 6.45) is 0. The fraction of sp³-hybridized carbons (Fsp3) is 0.400. The van der Waals surface area contributed by atoms with E-state index in [1.807, 2.05) is 0 Å². The van der Waals surface area contributed by atoms with Crippen molar-refractivity contribution in [1.29, 1.82) is 0 Å². The smallest absolute Gasteiger partial charge is 0.204 e. The van der Waals surface area contributed by atoms with Gasteiger partial charge in [-0.2, -0.15) is 0 Å². The molecule has 46 valence electrons. The summed E-state index contributed by atoms with van der Waals surface area (Å²) in [6, 6.07) is 0. The summed E-state index contributed by atoms with van der Waals surface area (Å²) in [5.74, 6) is 0.481. The fourth-order valence-electron chi connectivity index (χ4n) is 0.249. The monoisotopic (exact) mass is 114 g/mol. The van der Waals surface area contributed by atoms with Crippen molar-refractivity contribution in [3.8, 4) is 0 Å². The number of rotatable bonds is 1. The Morgan fingerprint density at radius 1 is 1.75 bits per heavy atom. The van der Waals surface area contributed by atoms with Gasteiger partial charge in [-0.25, -0.2) is 4.99 Å². The van der Waals surface area contributed by atoms with E-state index >= 15 is 0 Å². The molecule has 3 nitrogen and oxygen atoms in total. The molecule has 0 aromatic rings. The SMILES string of the molecule is C=C(O)/N=C(/C)NC. The molecule has 0 aliphatic heterocycles. The van der Waals surface area contributed by atoms with Gasteiger partial charge in [0.1, 0.15) is 5.84 Å². The van der Waals surface area contributed by atoms with Gasteiger partial charge in [-0.3, -0.25) is 0 Å². The molecule has 0 rings (SSSR count). The highest BCUT2D eigenvalue weighted by molar-refractivity contribution is 5.79. The van der Waals surface area contributed by atoms with Crippen LogP contribution in [0.1, 0.15) is 6.92 Å². The first-order chi connectivity index (χ1) is 3.66. The minimum Gasteiger partial charge on any atom is -0.494 e. The van der Waals surface area contributed by atoms with E-state index in [1.54, 1.807) is 14.0 Å². The highest BCUT2D eigenvalue weighted by Gasteiger charge is 1.82. The van der Waals surface area contributed by atoms with Crippen LogP contribution in [0.3, 0.4) is 0 Å². The maximum atomic E-state index is 8.43. The van der Waals surface area contributed by atoms with E-state index in [-0.39, 0.29) is 5.88 Å². The molecule has 0 saturated carbocycles. The summed E-state index contributed by atoms with van der Waals surface area (Å²) in [4.78, 5) is 3.56. The second-order valence-electron chi connectivity index (χ2n) is 1.36. The molecule has 0 spiro atoms. The summed E-state index contributed by atoms with van der Waals surface area (Å²) in [5.41, 5.74) is 0. The number of hydrogen-bond donors (Lipinski definition) is 2. The second kappa shape index (κ2) is 3.07. The maximum Gasteiger partial charge on any atom is 0.204 e. The Morgan fingerprint density at radius 3 is 2.38 bits per heavy atom. The van der Waals surface area contributed by atoms with Crippen LogP contribution >= 0.6 is 0 Å². The van der Waals surface area contributed by atoms with Crippen LogP contribution < -0.4 is 5.32 Å². The molecule has 0 bridgehead atoms. The number of nitrogens with zero attached hydrogens (tertiary/aromatic N) is 1. The third kappa shape index (κ3) is 3.21. The third-order valence-electron chi connectivity index (χ3n) is 0.659. The first-order valence-electron chi connectivity index (χ1n) is 2.27. The van der Waals surface area contributed by atoms with Crippen molar-refractivity contribution >= 4 is 5.84 Å². The van der Waals surface area contributed by atoms with Gasteiger partial charge < -0.3 is 10.4 Å². The Morgan fingerprint density at radius 2 is 2.25 bits per heavy atom. The molecule has 8 heavy (non-hydrogen) atoms. The highest BCUT2D eigenvalue weighted by atomic mass is 16.3. The molecule has 0 aliphatic rings. The zero-order valence-electron chi connectivity index (χ0n) is 5.10. The lowest BCUT2D eigenvalue weighted by molar-refractivity contribution is 0.409. The van der Waals surface area contributed by atoms with Crippen LogP contribution in [0.4, 0.5) is 0 Å². The molecule has 0 aromatic heterocycles. The lowest BCUT2D eigenvalue weighted by atomic mass is 10.7. The molecule has 0 aromatic carbocycles. The van der Waals surface area contributed by atoms with Crippen molar-refractivity contribution in [2.75, 3.05) is 7.05 Å². The highest BCUT2D eigenvalue weighted by Crippen LogP contribution is 1.82. The van der Waals surface area contributed by atoms with E-state index in [1.165, 1.54) is 0 Å². The zero-order chi connectivity index (χ0) is 6.57. The topological polar surface area (TPSA) is 44.6 Å². The van der Waals surface area contributed by atoms with E-state index in [2.05, 4.69) is 16.9 Å². The van der Waals surface area contributed by atoms with Gasteiger partial charge in [0.25, 0.3) is 0 Å². The van der Waals surface area contributed by atoms with Crippen LogP contribution in [0, 0.1) is 0 Å². The van der Waals surface area contributed by atoms with Crippen molar-refractivity contribution < 1.29 is 5.11 Å². The fourth-order valence-corrected chi connectivity index (χ4v) is 0.249. The Kier molecular flexibility index (Phi) is 2.69. The van der Waals surface area contributed by atoms with Gasteiger partial charge in [-0.15, -0.1) is 0 Å². The predicted molar refractivity (Wildman–Crippen MR) is 33.9 cm³/mol. The van der Waals surface area contributed by atoms with Crippen molar-refractivity contribution in [1.82, 2.24) is 5.32 Å². The summed E-state index contributed by atoms with van der Waals surface area (Å²) in [7, 11) is 1.72. The summed E-state index contributed by atoms with van der Waals surface area (Å²) >= 11 is 0. The van der Waals surface area contributed by atoms with Crippen LogP contribution in [0.5, 0.6) is 0 Å². The average Bonchev–Trinajstić information content (AvgIpc) is 1.65. The van der Waals surface area contributed by atoms with Gasteiger partial charge in [0.05, 0.1) is 0 Å². The number of aliphatic hydroxyl groups excluding tert-OH is 1. The summed E-state index contributed by atoms with van der Waals surface area (Å²) in [6.45, 7) is 4.91. The molecule has 0 heterocycles. The minimum atomic E-state index is -0.170. The van der Waals surface area contributed by atoms with Crippen molar-refractivity contribution in [2.45, 2.75) is 6.92 Å². The normalized spacial score (nSPS) is 11.0. The van der Waals surface area contributed by atoms with Crippen LogP contribution in [-0.4, -0.2) is 18.0 Å². The van der Waals surface area contributed by atoms with Gasteiger partial charge in [0.2, 0.25) is 5.88 Å². The van der Waals surface area contributed by atoms with E-state index in [4.69, 9.17) is 5.11 Å². The Labute approximate surface area is 48.7 Å². The quantitative estimate of drug-likeness (QED) is 0.298. The molecule has 0 fully saturated rings. The lowest BCUT2D eigenvalue weighted by Crippen LogP contribution is -2.13. The van der Waals surface area contributed by atoms with E-state index < -0.39 is 0 Å². The largest absolute Gasteiger partial charge is 0.494 e. The summed E-state index contributed by atoms with van der Waals surface area (Å²) in [5, 5.41) is 11.2. The van der Waals surface area contributed by atoms with Gasteiger partial charge in [0.15, 0.2) is 0 Å². The first-order valence-corrected chi connectivity index (χ1v) is 2.27. The second-order valence-corrected chi connectivity index (χ2v) is 1.36. The average molecular weight is 114 g/mol. The van der Waals surface area contributed by atoms with Gasteiger partial charge >= 0.3 is 0 Å². The first kappa shape index (κ1) is 7.01. The molecular weight excluding hydrogens is 104 g/mol. The van der Waals surface area contributed by atoms with Crippen molar-refractivity contribution in [3.63, 3.8) is 0 Å². The molecule has 0 aliphatic carbocycles.